The van der Waals surface area contributed by atoms with Gasteiger partial charge in [0.2, 0.25) is 0 Å². The van der Waals surface area contributed by atoms with Crippen LogP contribution in [0.1, 0.15) is 32.1 Å². The average molecular weight is 254 g/mol. The summed E-state index contributed by atoms with van der Waals surface area (Å²) >= 11 is 0. The van der Waals surface area contributed by atoms with Crippen molar-refractivity contribution in [3.63, 3.8) is 0 Å². The Bertz CT molecular complexity index is 314. The minimum Gasteiger partial charge on any atom is -0.375 e. The van der Waals surface area contributed by atoms with Gasteiger partial charge in [-0.3, -0.25) is 0 Å². The Labute approximate surface area is 95.1 Å². The summed E-state index contributed by atoms with van der Waals surface area (Å²) in [7, 11) is 1.77. The first-order valence-corrected chi connectivity index (χ1v) is 7.62. The first kappa shape index (κ1) is 11.6. The van der Waals surface area contributed by atoms with E-state index in [9.17, 15) is 8.42 Å². The predicted octanol–water partition coefficient (Wildman–Crippen LogP) is 1.51. The fraction of sp³-hybridized carbons (Fsp3) is 1.00. The monoisotopic (exact) mass is 253 g/mol. The Morgan fingerprint density at radius 3 is 2.27 bits per heavy atom. The molecular formula is C9H16ClNO3S. The molecule has 0 aromatic carbocycles. The molecule has 0 N–H and O–H groups in total. The molecule has 4 nitrogen and oxygen atoms in total. The van der Waals surface area contributed by atoms with Gasteiger partial charge in [-0.2, -0.15) is 12.7 Å². The molecule has 0 radical (unpaired) electrons. The molecule has 0 unspecified atom stereocenters. The van der Waals surface area contributed by atoms with E-state index in [1.54, 1.807) is 0 Å². The van der Waals surface area contributed by atoms with Crippen LogP contribution in [0.5, 0.6) is 0 Å². The van der Waals surface area contributed by atoms with E-state index in [1.807, 2.05) is 0 Å². The van der Waals surface area contributed by atoms with Gasteiger partial charge in [0.15, 0.2) is 0 Å². The lowest BCUT2D eigenvalue weighted by atomic mass is 9.85. The van der Waals surface area contributed by atoms with Gasteiger partial charge in [-0.15, -0.1) is 0 Å². The highest BCUT2D eigenvalue weighted by Crippen LogP contribution is 2.35. The smallest absolute Gasteiger partial charge is 0.299 e. The highest BCUT2D eigenvalue weighted by Gasteiger charge is 2.39. The quantitative estimate of drug-likeness (QED) is 0.666. The van der Waals surface area contributed by atoms with Crippen molar-refractivity contribution >= 4 is 19.9 Å². The van der Waals surface area contributed by atoms with Gasteiger partial charge in [0, 0.05) is 30.4 Å². The van der Waals surface area contributed by atoms with Gasteiger partial charge >= 0.3 is 0 Å². The second-order valence-electron chi connectivity index (χ2n) is 4.33. The molecule has 0 amide bonds. The van der Waals surface area contributed by atoms with Crippen LogP contribution in [0.4, 0.5) is 0 Å². The third kappa shape index (κ3) is 2.64. The lowest BCUT2D eigenvalue weighted by Crippen LogP contribution is -2.48. The number of halogens is 1. The molecule has 2 saturated heterocycles. The van der Waals surface area contributed by atoms with Crippen LogP contribution in [0.2, 0.25) is 0 Å². The van der Waals surface area contributed by atoms with Gasteiger partial charge in [0.25, 0.3) is 9.24 Å². The first-order chi connectivity index (χ1) is 7.02. The van der Waals surface area contributed by atoms with E-state index in [0.717, 1.165) is 32.3 Å². The summed E-state index contributed by atoms with van der Waals surface area (Å²) in [4.78, 5) is 0. The molecular weight excluding hydrogens is 238 g/mol. The van der Waals surface area contributed by atoms with Gasteiger partial charge in [-0.25, -0.2) is 0 Å². The summed E-state index contributed by atoms with van der Waals surface area (Å²) in [5.74, 6) is 0. The van der Waals surface area contributed by atoms with Crippen LogP contribution in [-0.4, -0.2) is 38.0 Å². The Morgan fingerprint density at radius 1 is 1.13 bits per heavy atom. The highest BCUT2D eigenvalue weighted by molar-refractivity contribution is 8.11. The largest absolute Gasteiger partial charge is 0.375 e. The molecule has 88 valence electrons. The molecule has 0 aromatic rings. The van der Waals surface area contributed by atoms with Crippen LogP contribution in [-0.2, 0) is 14.0 Å². The maximum absolute atomic E-state index is 11.1. The van der Waals surface area contributed by atoms with Crippen LogP contribution < -0.4 is 0 Å². The standard InChI is InChI=1S/C9H16ClNO3S/c10-15(12,13)11-6-4-9(5-7-11)3-1-2-8-14-9/h1-8H2. The highest BCUT2D eigenvalue weighted by atomic mass is 35.7. The van der Waals surface area contributed by atoms with Crippen LogP contribution in [0.3, 0.4) is 0 Å². The van der Waals surface area contributed by atoms with Gasteiger partial charge in [0.1, 0.15) is 0 Å². The van der Waals surface area contributed by atoms with E-state index in [2.05, 4.69) is 0 Å². The maximum Gasteiger partial charge on any atom is 0.299 e. The Kier molecular flexibility index (Phi) is 3.26. The average Bonchev–Trinajstić information content (AvgIpc) is 2.18. The van der Waals surface area contributed by atoms with Crippen molar-refractivity contribution in [1.29, 1.82) is 0 Å². The second-order valence-corrected chi connectivity index (χ2v) is 6.84. The van der Waals surface area contributed by atoms with Crippen LogP contribution in [0, 0.1) is 0 Å². The Hall–Kier alpha value is 0.160. The Balaban J connectivity index is 1.96. The van der Waals surface area contributed by atoms with Gasteiger partial charge in [-0.05, 0) is 32.1 Å². The van der Waals surface area contributed by atoms with E-state index in [0.29, 0.717) is 13.1 Å². The number of nitrogens with zero attached hydrogens (tertiary/aromatic N) is 1. The third-order valence-electron chi connectivity index (χ3n) is 3.38. The fourth-order valence-corrected chi connectivity index (χ4v) is 3.45. The molecule has 2 aliphatic rings. The molecule has 0 aromatic heterocycles. The zero-order valence-electron chi connectivity index (χ0n) is 8.62. The summed E-state index contributed by atoms with van der Waals surface area (Å²) in [5, 5.41) is 0. The summed E-state index contributed by atoms with van der Waals surface area (Å²) < 4.78 is 29.4. The van der Waals surface area contributed by atoms with E-state index >= 15 is 0 Å². The molecule has 0 atom stereocenters. The molecule has 15 heavy (non-hydrogen) atoms. The zero-order chi connectivity index (χ0) is 10.9. The molecule has 2 fully saturated rings. The first-order valence-electron chi connectivity index (χ1n) is 5.36. The van der Waals surface area contributed by atoms with Crippen molar-refractivity contribution in [2.45, 2.75) is 37.7 Å². The zero-order valence-corrected chi connectivity index (χ0v) is 10.2. The molecule has 0 saturated carbocycles. The molecule has 2 rings (SSSR count). The van der Waals surface area contributed by atoms with E-state index in [-0.39, 0.29) is 5.60 Å². The minimum absolute atomic E-state index is 0.0592. The maximum atomic E-state index is 11.1. The van der Waals surface area contributed by atoms with Crippen molar-refractivity contribution in [2.24, 2.45) is 0 Å². The van der Waals surface area contributed by atoms with Crippen molar-refractivity contribution in [2.75, 3.05) is 19.7 Å². The molecule has 1 spiro atoms. The number of hydrogen-bond acceptors (Lipinski definition) is 3. The molecule has 0 bridgehead atoms. The number of ether oxygens (including phenoxy) is 1. The van der Waals surface area contributed by atoms with Gasteiger partial charge < -0.3 is 4.74 Å². The molecule has 0 aliphatic carbocycles. The summed E-state index contributed by atoms with van der Waals surface area (Å²) in [5.41, 5.74) is -0.0592. The molecule has 6 heteroatoms. The lowest BCUT2D eigenvalue weighted by Gasteiger charge is -2.42. The SMILES string of the molecule is O=S(=O)(Cl)N1CCC2(CCCCO2)CC1. The van der Waals surface area contributed by atoms with Gasteiger partial charge in [0.05, 0.1) is 5.60 Å². The van der Waals surface area contributed by atoms with Crippen LogP contribution in [0.25, 0.3) is 0 Å². The van der Waals surface area contributed by atoms with E-state index < -0.39 is 9.24 Å². The Morgan fingerprint density at radius 2 is 1.80 bits per heavy atom. The molecule has 2 heterocycles. The fourth-order valence-electron chi connectivity index (χ4n) is 2.42. The molecule has 2 aliphatic heterocycles. The number of piperidine rings is 1. The van der Waals surface area contributed by atoms with Crippen LogP contribution >= 0.6 is 10.7 Å². The van der Waals surface area contributed by atoms with E-state index in [4.69, 9.17) is 15.4 Å². The van der Waals surface area contributed by atoms with Crippen molar-refractivity contribution in [1.82, 2.24) is 4.31 Å². The second kappa shape index (κ2) is 4.20. The summed E-state index contributed by atoms with van der Waals surface area (Å²) in [6.07, 6.45) is 4.92. The summed E-state index contributed by atoms with van der Waals surface area (Å²) in [6, 6.07) is 0. The summed E-state index contributed by atoms with van der Waals surface area (Å²) in [6.45, 7) is 1.80. The number of rotatable bonds is 1. The third-order valence-corrected chi connectivity index (χ3v) is 4.94. The van der Waals surface area contributed by atoms with Crippen molar-refractivity contribution in [3.8, 4) is 0 Å². The predicted molar refractivity (Wildman–Crippen MR) is 58.1 cm³/mol. The lowest BCUT2D eigenvalue weighted by molar-refractivity contribution is -0.103. The van der Waals surface area contributed by atoms with Crippen molar-refractivity contribution in [3.05, 3.63) is 0 Å². The minimum atomic E-state index is -3.53. The van der Waals surface area contributed by atoms with Gasteiger partial charge in [-0.1, -0.05) is 0 Å². The topological polar surface area (TPSA) is 46.6 Å². The van der Waals surface area contributed by atoms with Crippen LogP contribution in [0.15, 0.2) is 0 Å². The van der Waals surface area contributed by atoms with E-state index in [1.165, 1.54) is 10.7 Å². The van der Waals surface area contributed by atoms with Crippen molar-refractivity contribution < 1.29 is 13.2 Å². The number of hydrogen-bond donors (Lipinski definition) is 0. The normalized spacial score (nSPS) is 28.1.